The summed E-state index contributed by atoms with van der Waals surface area (Å²) in [5.41, 5.74) is 0.644. The topological polar surface area (TPSA) is 141 Å². The van der Waals surface area contributed by atoms with Crippen molar-refractivity contribution in [2.24, 2.45) is 0 Å². The van der Waals surface area contributed by atoms with Gasteiger partial charge in [0.2, 0.25) is 0 Å². The third kappa shape index (κ3) is 5.59. The number of ketones is 1. The Morgan fingerprint density at radius 3 is 1.89 bits per heavy atom. The normalized spacial score (nSPS) is 13.4. The highest BCUT2D eigenvalue weighted by molar-refractivity contribution is 7.70. The number of carbonyl (C=O) groups is 1. The minimum atomic E-state index is -5.15. The van der Waals surface area contributed by atoms with Crippen molar-refractivity contribution in [1.29, 1.82) is 0 Å². The summed E-state index contributed by atoms with van der Waals surface area (Å²) in [6.45, 7) is 0. The van der Waals surface area contributed by atoms with E-state index in [9.17, 15) is 33.5 Å². The molecular weight excluding hydrogens is 394 g/mol. The fraction of sp³-hybridized carbons (Fsp3) is 0.235. The Kier molecular flexibility index (Phi) is 6.76. The average molecular weight is 414 g/mol. The molecule has 0 amide bonds. The summed E-state index contributed by atoms with van der Waals surface area (Å²) in [6, 6.07) is 14.2. The predicted octanol–water partition coefficient (Wildman–Crippen LogP) is 2.73. The summed E-state index contributed by atoms with van der Waals surface area (Å²) < 4.78 is 28.4. The van der Waals surface area contributed by atoms with Gasteiger partial charge in [-0.15, -0.1) is 0 Å². The van der Waals surface area contributed by atoms with Crippen LogP contribution in [0.2, 0.25) is 0 Å². The number of ether oxygens (including phenoxy) is 1. The van der Waals surface area contributed by atoms with Gasteiger partial charge >= 0.3 is 15.2 Å². The van der Waals surface area contributed by atoms with E-state index < -0.39 is 38.7 Å². The Hall–Kier alpha value is -1.79. The van der Waals surface area contributed by atoms with Crippen LogP contribution in [0.3, 0.4) is 0 Å². The van der Waals surface area contributed by atoms with Gasteiger partial charge in [-0.05, 0) is 36.2 Å². The first-order chi connectivity index (χ1) is 12.5. The van der Waals surface area contributed by atoms with Gasteiger partial charge in [-0.1, -0.05) is 30.3 Å². The molecule has 0 fully saturated rings. The van der Waals surface area contributed by atoms with Crippen molar-refractivity contribution in [3.05, 3.63) is 65.7 Å². The molecular formula is C17H20O8P2. The second kappa shape index (κ2) is 8.48. The van der Waals surface area contributed by atoms with Crippen LogP contribution < -0.4 is 4.74 Å². The lowest BCUT2D eigenvalue weighted by Gasteiger charge is -2.24. The largest absolute Gasteiger partial charge is 0.497 e. The number of Topliss-reactive ketones (excluding diaryl/α,β-unsaturated/α-hetero) is 1. The van der Waals surface area contributed by atoms with Crippen LogP contribution in [0, 0.1) is 0 Å². The van der Waals surface area contributed by atoms with E-state index in [0.29, 0.717) is 11.3 Å². The zero-order valence-corrected chi connectivity index (χ0v) is 16.2. The predicted molar refractivity (Wildman–Crippen MR) is 99.0 cm³/mol. The number of hydrogen-bond acceptors (Lipinski definition) is 4. The first-order valence-corrected chi connectivity index (χ1v) is 11.2. The highest BCUT2D eigenvalue weighted by Gasteiger charge is 2.45. The molecule has 146 valence electrons. The van der Waals surface area contributed by atoms with Gasteiger partial charge in [0.25, 0.3) is 0 Å². The number of benzene rings is 2. The van der Waals surface area contributed by atoms with Crippen molar-refractivity contribution in [2.45, 2.75) is 17.7 Å². The molecule has 0 aromatic heterocycles. The highest BCUT2D eigenvalue weighted by Crippen LogP contribution is 2.62. The van der Waals surface area contributed by atoms with Crippen LogP contribution in [-0.2, 0) is 9.13 Å². The van der Waals surface area contributed by atoms with Crippen LogP contribution in [0.15, 0.2) is 54.6 Å². The van der Waals surface area contributed by atoms with Gasteiger partial charge in [0, 0.05) is 11.5 Å². The fourth-order valence-electron chi connectivity index (χ4n) is 2.72. The number of hydrogen-bond donors (Lipinski definition) is 4. The Balaban J connectivity index is 2.46. The quantitative estimate of drug-likeness (QED) is 0.382. The molecule has 8 nitrogen and oxygen atoms in total. The first kappa shape index (κ1) is 21.5. The van der Waals surface area contributed by atoms with Gasteiger partial charge in [-0.3, -0.25) is 13.9 Å². The zero-order valence-electron chi connectivity index (χ0n) is 14.4. The van der Waals surface area contributed by atoms with Crippen LogP contribution in [0.1, 0.15) is 28.3 Å². The SMILES string of the molecule is COc1ccc(C(=O)C(CC(P(=O)(O)O)P(=O)(O)O)c2ccccc2)cc1. The summed E-state index contributed by atoms with van der Waals surface area (Å²) in [6.07, 6.45) is -0.691. The van der Waals surface area contributed by atoms with E-state index in [0.717, 1.165) is 0 Å². The van der Waals surface area contributed by atoms with Crippen molar-refractivity contribution in [3.63, 3.8) is 0 Å². The van der Waals surface area contributed by atoms with E-state index in [2.05, 4.69) is 0 Å². The minimum Gasteiger partial charge on any atom is -0.497 e. The Labute approximate surface area is 156 Å². The second-order valence-electron chi connectivity index (χ2n) is 5.95. The standard InChI is InChI=1S/C17H20O8P2/c1-25-14-9-7-13(8-10-14)17(18)15(12-5-3-2-4-6-12)11-16(26(19,20)21)27(22,23)24/h2-10,15-16H,11H2,1H3,(H2,19,20,21)(H2,22,23,24). The van der Waals surface area contributed by atoms with Gasteiger partial charge in [-0.25, -0.2) is 0 Å². The van der Waals surface area contributed by atoms with Crippen molar-refractivity contribution < 1.29 is 38.2 Å². The molecule has 0 radical (unpaired) electrons. The molecule has 1 unspecified atom stereocenters. The maximum atomic E-state index is 13.0. The van der Waals surface area contributed by atoms with Crippen molar-refractivity contribution >= 4 is 21.0 Å². The Bertz CT molecular complexity index is 848. The molecule has 27 heavy (non-hydrogen) atoms. The van der Waals surface area contributed by atoms with Crippen molar-refractivity contribution in [3.8, 4) is 5.75 Å². The van der Waals surface area contributed by atoms with Crippen LogP contribution in [0.4, 0.5) is 0 Å². The second-order valence-corrected chi connectivity index (χ2v) is 9.96. The molecule has 0 heterocycles. The lowest BCUT2D eigenvalue weighted by atomic mass is 9.88. The van der Waals surface area contributed by atoms with E-state index in [1.165, 1.54) is 19.2 Å². The molecule has 4 N–H and O–H groups in total. The van der Waals surface area contributed by atoms with Gasteiger partial charge in [0.05, 0.1) is 7.11 Å². The van der Waals surface area contributed by atoms with E-state index in [1.54, 1.807) is 42.5 Å². The maximum Gasteiger partial charge on any atom is 0.340 e. The summed E-state index contributed by atoms with van der Waals surface area (Å²) >= 11 is 0. The molecule has 0 saturated heterocycles. The number of rotatable bonds is 8. The van der Waals surface area contributed by atoms with Crippen LogP contribution in [-0.4, -0.2) is 37.9 Å². The first-order valence-electron chi connectivity index (χ1n) is 7.87. The third-order valence-corrected chi connectivity index (χ3v) is 7.90. The number of carbonyl (C=O) groups excluding carboxylic acids is 1. The molecule has 0 aliphatic heterocycles. The Morgan fingerprint density at radius 2 is 1.44 bits per heavy atom. The lowest BCUT2D eigenvalue weighted by molar-refractivity contribution is 0.0956. The average Bonchev–Trinajstić information content (AvgIpc) is 2.60. The smallest absolute Gasteiger partial charge is 0.340 e. The molecule has 0 aliphatic carbocycles. The van der Waals surface area contributed by atoms with Crippen molar-refractivity contribution in [2.75, 3.05) is 7.11 Å². The number of methoxy groups -OCH3 is 1. The van der Waals surface area contributed by atoms with E-state index in [1.807, 2.05) is 0 Å². The molecule has 0 bridgehead atoms. The summed E-state index contributed by atoms with van der Waals surface area (Å²) in [5.74, 6) is -1.12. The van der Waals surface area contributed by atoms with E-state index >= 15 is 0 Å². The highest BCUT2D eigenvalue weighted by atomic mass is 31.2. The molecule has 10 heteroatoms. The van der Waals surface area contributed by atoms with Crippen molar-refractivity contribution in [1.82, 2.24) is 0 Å². The summed E-state index contributed by atoms with van der Waals surface area (Å²) in [4.78, 5) is 50.7. The third-order valence-electron chi connectivity index (χ3n) is 4.12. The molecule has 2 aromatic rings. The van der Waals surface area contributed by atoms with Crippen LogP contribution in [0.25, 0.3) is 0 Å². The molecule has 1 atom stereocenters. The molecule has 2 rings (SSSR count). The molecule has 2 aromatic carbocycles. The maximum absolute atomic E-state index is 13.0. The van der Waals surface area contributed by atoms with Crippen LogP contribution in [0.5, 0.6) is 5.75 Å². The van der Waals surface area contributed by atoms with Crippen LogP contribution >= 0.6 is 15.2 Å². The summed E-state index contributed by atoms with van der Waals surface area (Å²) in [5, 5.41) is -2.27. The van der Waals surface area contributed by atoms with Gasteiger partial charge in [-0.2, -0.15) is 0 Å². The molecule has 0 aliphatic rings. The van der Waals surface area contributed by atoms with Gasteiger partial charge in [0.1, 0.15) is 5.75 Å². The zero-order chi connectivity index (χ0) is 20.2. The minimum absolute atomic E-state index is 0.236. The molecule has 0 spiro atoms. The van der Waals surface area contributed by atoms with Gasteiger partial charge < -0.3 is 24.3 Å². The summed E-state index contributed by atoms with van der Waals surface area (Å²) in [7, 11) is -8.84. The fourth-order valence-corrected chi connectivity index (χ4v) is 5.26. The molecule has 0 saturated carbocycles. The Morgan fingerprint density at radius 1 is 0.926 bits per heavy atom. The van der Waals surface area contributed by atoms with E-state index in [4.69, 9.17) is 4.74 Å². The lowest BCUT2D eigenvalue weighted by Crippen LogP contribution is -2.20. The van der Waals surface area contributed by atoms with Gasteiger partial charge in [0.15, 0.2) is 11.2 Å². The van der Waals surface area contributed by atoms with E-state index in [-0.39, 0.29) is 5.56 Å². The monoisotopic (exact) mass is 414 g/mol.